The van der Waals surface area contributed by atoms with Gasteiger partial charge in [-0.15, -0.1) is 0 Å². The third kappa shape index (κ3) is 1.20. The lowest BCUT2D eigenvalue weighted by Crippen LogP contribution is -2.06. The molecule has 0 N–H and O–H groups in total. The van der Waals surface area contributed by atoms with Crippen molar-refractivity contribution >= 4 is 33.3 Å². The van der Waals surface area contributed by atoms with Gasteiger partial charge in [-0.3, -0.25) is 4.79 Å². The number of fused-ring (bicyclic) bond motifs is 1. The molecule has 0 aromatic carbocycles. The zero-order valence-corrected chi connectivity index (χ0v) is 8.69. The van der Waals surface area contributed by atoms with Gasteiger partial charge < -0.3 is 4.57 Å². The summed E-state index contributed by atoms with van der Waals surface area (Å²) in [6, 6.07) is 3.49. The van der Waals surface area contributed by atoms with Crippen molar-refractivity contribution in [2.24, 2.45) is 7.05 Å². The summed E-state index contributed by atoms with van der Waals surface area (Å²) in [6.07, 6.45) is 0. The van der Waals surface area contributed by atoms with Gasteiger partial charge in [-0.05, 0) is 6.07 Å². The molecule has 0 aliphatic heterocycles. The average molecular weight is 226 g/mol. The second-order valence-corrected chi connectivity index (χ2v) is 3.99. The monoisotopic (exact) mass is 225 g/mol. The Bertz CT molecular complexity index is 607. The van der Waals surface area contributed by atoms with Crippen molar-refractivity contribution < 1.29 is 0 Å². The summed E-state index contributed by atoms with van der Waals surface area (Å²) in [6.45, 7) is 0. The van der Waals surface area contributed by atoms with Crippen LogP contribution in [0.4, 0.5) is 0 Å². The highest BCUT2D eigenvalue weighted by atomic mass is 35.5. The average Bonchev–Trinajstić information content (AvgIpc) is 2.41. The van der Waals surface area contributed by atoms with Gasteiger partial charge in [-0.2, -0.15) is 5.26 Å². The zero-order valence-electron chi connectivity index (χ0n) is 7.11. The van der Waals surface area contributed by atoms with Gasteiger partial charge in [0.15, 0.2) is 0 Å². The van der Waals surface area contributed by atoms with Crippen LogP contribution in [0, 0.1) is 11.3 Å². The van der Waals surface area contributed by atoms with Crippen LogP contribution < -0.4 is 4.87 Å². The molecule has 0 aliphatic rings. The van der Waals surface area contributed by atoms with Crippen LogP contribution in [0.2, 0.25) is 5.15 Å². The van der Waals surface area contributed by atoms with Gasteiger partial charge in [0.2, 0.25) is 0 Å². The first-order chi connectivity index (χ1) is 6.63. The van der Waals surface area contributed by atoms with Gasteiger partial charge in [0.1, 0.15) is 16.1 Å². The minimum atomic E-state index is -0.112. The van der Waals surface area contributed by atoms with Crippen molar-refractivity contribution in [1.29, 1.82) is 5.26 Å². The van der Waals surface area contributed by atoms with Crippen LogP contribution >= 0.6 is 22.9 Å². The number of thiazole rings is 1. The molecule has 4 nitrogen and oxygen atoms in total. The van der Waals surface area contributed by atoms with Crippen molar-refractivity contribution in [2.75, 3.05) is 0 Å². The molecule has 0 spiro atoms. The van der Waals surface area contributed by atoms with E-state index in [9.17, 15) is 4.79 Å². The summed E-state index contributed by atoms with van der Waals surface area (Å²) in [5.74, 6) is 0. The Labute approximate surface area is 88.0 Å². The quantitative estimate of drug-likeness (QED) is 0.639. The van der Waals surface area contributed by atoms with Gasteiger partial charge in [0, 0.05) is 7.05 Å². The highest BCUT2D eigenvalue weighted by molar-refractivity contribution is 7.16. The second-order valence-electron chi connectivity index (χ2n) is 2.69. The number of aryl methyl sites for hydroxylation is 1. The van der Waals surface area contributed by atoms with Gasteiger partial charge in [-0.25, -0.2) is 4.98 Å². The summed E-state index contributed by atoms with van der Waals surface area (Å²) in [5.41, 5.74) is 0.925. The first-order valence-corrected chi connectivity index (χ1v) is 4.89. The molecule has 2 heterocycles. The zero-order chi connectivity index (χ0) is 10.3. The van der Waals surface area contributed by atoms with Crippen LogP contribution in [0.15, 0.2) is 10.9 Å². The summed E-state index contributed by atoms with van der Waals surface area (Å²) in [7, 11) is 1.64. The maximum Gasteiger partial charge on any atom is 0.309 e. The van der Waals surface area contributed by atoms with E-state index in [4.69, 9.17) is 16.9 Å². The SMILES string of the molecule is Cn1c(=O)sc2nc(Cl)c(C#N)cc21. The molecule has 0 bridgehead atoms. The van der Waals surface area contributed by atoms with Gasteiger partial charge in [-0.1, -0.05) is 22.9 Å². The van der Waals surface area contributed by atoms with Crippen molar-refractivity contribution in [3.05, 3.63) is 26.5 Å². The Balaban J connectivity index is 2.96. The van der Waals surface area contributed by atoms with Crippen LogP contribution in [0.25, 0.3) is 10.3 Å². The topological polar surface area (TPSA) is 58.7 Å². The van der Waals surface area contributed by atoms with Crippen molar-refractivity contribution in [2.45, 2.75) is 0 Å². The molecule has 0 atom stereocenters. The first kappa shape index (κ1) is 9.19. The number of nitrogens with zero attached hydrogens (tertiary/aromatic N) is 3. The maximum atomic E-state index is 11.3. The van der Waals surface area contributed by atoms with Crippen molar-refractivity contribution in [1.82, 2.24) is 9.55 Å². The largest absolute Gasteiger partial charge is 0.309 e. The molecule has 2 rings (SSSR count). The van der Waals surface area contributed by atoms with E-state index >= 15 is 0 Å². The van der Waals surface area contributed by atoms with Crippen molar-refractivity contribution in [3.8, 4) is 6.07 Å². The lowest BCUT2D eigenvalue weighted by molar-refractivity contribution is 0.937. The minimum absolute atomic E-state index is 0.112. The van der Waals surface area contributed by atoms with Gasteiger partial charge in [0.05, 0.1) is 11.1 Å². The van der Waals surface area contributed by atoms with Crippen LogP contribution in [0.1, 0.15) is 5.56 Å². The van der Waals surface area contributed by atoms with Gasteiger partial charge >= 0.3 is 4.87 Å². The Hall–Kier alpha value is -1.38. The number of hydrogen-bond donors (Lipinski definition) is 0. The number of nitriles is 1. The van der Waals surface area contributed by atoms with E-state index in [-0.39, 0.29) is 15.6 Å². The fourth-order valence-corrected chi connectivity index (χ4v) is 2.18. The molecule has 0 saturated carbocycles. The van der Waals surface area contributed by atoms with E-state index in [0.717, 1.165) is 11.3 Å². The second kappa shape index (κ2) is 3.08. The summed E-state index contributed by atoms with van der Waals surface area (Å²) >= 11 is 6.74. The normalized spacial score (nSPS) is 10.4. The molecule has 14 heavy (non-hydrogen) atoms. The van der Waals surface area contributed by atoms with Crippen LogP contribution in [-0.4, -0.2) is 9.55 Å². The molecule has 2 aromatic heterocycles. The van der Waals surface area contributed by atoms with Crippen LogP contribution in [0.3, 0.4) is 0 Å². The maximum absolute atomic E-state index is 11.3. The number of pyridine rings is 1. The molecule has 6 heteroatoms. The van der Waals surface area contributed by atoms with Crippen LogP contribution in [0.5, 0.6) is 0 Å². The third-order valence-corrected chi connectivity index (χ3v) is 3.09. The molecule has 0 aliphatic carbocycles. The predicted octanol–water partition coefficient (Wildman–Crippen LogP) is 1.52. The van der Waals surface area contributed by atoms with E-state index in [2.05, 4.69) is 4.98 Å². The number of halogens is 1. The third-order valence-electron chi connectivity index (χ3n) is 1.86. The Morgan fingerprint density at radius 2 is 2.43 bits per heavy atom. The number of rotatable bonds is 0. The molecule has 0 unspecified atom stereocenters. The lowest BCUT2D eigenvalue weighted by atomic mass is 10.3. The molecule has 0 amide bonds. The summed E-state index contributed by atoms with van der Waals surface area (Å²) < 4.78 is 1.45. The van der Waals surface area contributed by atoms with E-state index in [1.165, 1.54) is 4.57 Å². The fraction of sp³-hybridized carbons (Fsp3) is 0.125. The number of hydrogen-bond acceptors (Lipinski definition) is 4. The Kier molecular flexibility index (Phi) is 2.02. The Morgan fingerprint density at radius 1 is 1.71 bits per heavy atom. The van der Waals surface area contributed by atoms with E-state index < -0.39 is 0 Å². The highest BCUT2D eigenvalue weighted by Crippen LogP contribution is 2.20. The molecular weight excluding hydrogens is 222 g/mol. The smallest absolute Gasteiger partial charge is 0.300 e. The molecule has 2 aromatic rings. The summed E-state index contributed by atoms with van der Waals surface area (Å²) in [5, 5.41) is 8.86. The fourth-order valence-electron chi connectivity index (χ4n) is 1.11. The minimum Gasteiger partial charge on any atom is -0.300 e. The molecule has 0 radical (unpaired) electrons. The van der Waals surface area contributed by atoms with E-state index in [0.29, 0.717) is 10.3 Å². The summed E-state index contributed by atoms with van der Waals surface area (Å²) in [4.78, 5) is 15.7. The predicted molar refractivity (Wildman–Crippen MR) is 54.6 cm³/mol. The van der Waals surface area contributed by atoms with Crippen molar-refractivity contribution in [3.63, 3.8) is 0 Å². The Morgan fingerprint density at radius 3 is 3.07 bits per heavy atom. The first-order valence-electron chi connectivity index (χ1n) is 3.69. The van der Waals surface area contributed by atoms with E-state index in [1.807, 2.05) is 6.07 Å². The number of aromatic nitrogens is 2. The molecular formula is C8H4ClN3OS. The van der Waals surface area contributed by atoms with Crippen LogP contribution in [-0.2, 0) is 7.05 Å². The van der Waals surface area contributed by atoms with Gasteiger partial charge in [0.25, 0.3) is 0 Å². The highest BCUT2D eigenvalue weighted by Gasteiger charge is 2.09. The van der Waals surface area contributed by atoms with E-state index in [1.54, 1.807) is 13.1 Å². The standard InChI is InChI=1S/C8H4ClN3OS/c1-12-5-2-4(3-10)6(9)11-7(5)14-8(12)13/h2H,1H3. The molecule has 0 fully saturated rings. The lowest BCUT2D eigenvalue weighted by Gasteiger charge is -1.95. The molecule has 0 saturated heterocycles. The molecule has 70 valence electrons.